The summed E-state index contributed by atoms with van der Waals surface area (Å²) in [7, 11) is 0. The lowest BCUT2D eigenvalue weighted by atomic mass is 9.85. The molecule has 32 heavy (non-hydrogen) atoms. The molecule has 2 aliphatic carbocycles. The van der Waals surface area contributed by atoms with E-state index in [1.54, 1.807) is 0 Å². The Balaban J connectivity index is 1.18. The van der Waals surface area contributed by atoms with Crippen molar-refractivity contribution >= 4 is 11.8 Å². The minimum atomic E-state index is -0.158. The Morgan fingerprint density at radius 1 is 0.875 bits per heavy atom. The molecule has 1 heterocycles. The number of carbonyl (C=O) groups is 1. The number of nitrogens with zero attached hydrogens (tertiary/aromatic N) is 2. The standard InChI is InChI=1S/C28H36N2O2/c31-28(30(18-23-11-7-8-12-23)26-13-5-2-6-14-26)32-21-27-24-15-16-25(27)20-29(19-24)17-22-9-3-1-4-10-22/h1-6,9-10,13-14,23-25,27H,7-8,11-12,15-21H2. The van der Waals surface area contributed by atoms with Gasteiger partial charge in [0, 0.05) is 37.8 Å². The van der Waals surface area contributed by atoms with Gasteiger partial charge in [-0.05, 0) is 61.1 Å². The Hall–Kier alpha value is -2.33. The predicted octanol–water partition coefficient (Wildman–Crippen LogP) is 5.98. The fraction of sp³-hybridized carbons (Fsp3) is 0.536. The van der Waals surface area contributed by atoms with Gasteiger partial charge in [0.25, 0.3) is 0 Å². The van der Waals surface area contributed by atoms with Crippen molar-refractivity contribution in [2.24, 2.45) is 23.7 Å². The van der Waals surface area contributed by atoms with Crippen LogP contribution in [0.15, 0.2) is 60.7 Å². The predicted molar refractivity (Wildman–Crippen MR) is 129 cm³/mol. The number of para-hydroxylation sites is 1. The molecule has 0 aromatic heterocycles. The number of piperidine rings is 1. The molecule has 5 rings (SSSR count). The zero-order valence-corrected chi connectivity index (χ0v) is 19.1. The third-order valence-corrected chi connectivity index (χ3v) is 7.96. The first-order valence-electron chi connectivity index (χ1n) is 12.5. The SMILES string of the molecule is O=C(OCC1C2CCC1CN(Cc1ccccc1)C2)N(CC1CCCC1)c1ccccc1. The second-order valence-electron chi connectivity index (χ2n) is 10.1. The van der Waals surface area contributed by atoms with Crippen LogP contribution >= 0.6 is 0 Å². The molecule has 3 fully saturated rings. The average Bonchev–Trinajstić information content (AvgIpc) is 3.42. The third kappa shape index (κ3) is 5.01. The van der Waals surface area contributed by atoms with E-state index in [1.807, 2.05) is 35.2 Å². The summed E-state index contributed by atoms with van der Waals surface area (Å²) in [5.74, 6) is 2.39. The van der Waals surface area contributed by atoms with Gasteiger partial charge in [0.15, 0.2) is 0 Å². The lowest BCUT2D eigenvalue weighted by Crippen LogP contribution is -2.44. The van der Waals surface area contributed by atoms with E-state index in [4.69, 9.17) is 4.74 Å². The van der Waals surface area contributed by atoms with Gasteiger partial charge >= 0.3 is 6.09 Å². The summed E-state index contributed by atoms with van der Waals surface area (Å²) < 4.78 is 6.01. The van der Waals surface area contributed by atoms with E-state index in [1.165, 1.54) is 44.1 Å². The van der Waals surface area contributed by atoms with E-state index >= 15 is 0 Å². The van der Waals surface area contributed by atoms with Crippen molar-refractivity contribution in [3.8, 4) is 0 Å². The number of likely N-dealkylation sites (tertiary alicyclic amines) is 1. The highest BCUT2D eigenvalue weighted by Crippen LogP contribution is 2.42. The number of carbonyl (C=O) groups excluding carboxylic acids is 1. The van der Waals surface area contributed by atoms with Crippen molar-refractivity contribution < 1.29 is 9.53 Å². The first-order valence-corrected chi connectivity index (χ1v) is 12.5. The molecule has 0 N–H and O–H groups in total. The van der Waals surface area contributed by atoms with Crippen LogP contribution in [-0.4, -0.2) is 37.2 Å². The quantitative estimate of drug-likeness (QED) is 0.540. The van der Waals surface area contributed by atoms with Gasteiger partial charge in [-0.3, -0.25) is 9.80 Å². The first kappa shape index (κ1) is 21.5. The number of benzene rings is 2. The van der Waals surface area contributed by atoms with Crippen LogP contribution in [0.3, 0.4) is 0 Å². The second kappa shape index (κ2) is 10.1. The maximum atomic E-state index is 13.2. The maximum absolute atomic E-state index is 13.2. The van der Waals surface area contributed by atoms with Gasteiger partial charge in [0.2, 0.25) is 0 Å². The van der Waals surface area contributed by atoms with Crippen molar-refractivity contribution in [2.45, 2.75) is 45.1 Å². The summed E-state index contributed by atoms with van der Waals surface area (Å²) in [6.07, 6.45) is 7.39. The number of hydrogen-bond acceptors (Lipinski definition) is 3. The van der Waals surface area contributed by atoms with Gasteiger partial charge in [0.1, 0.15) is 0 Å². The molecule has 2 bridgehead atoms. The fourth-order valence-corrected chi connectivity index (χ4v) is 6.27. The van der Waals surface area contributed by atoms with Gasteiger partial charge in [-0.2, -0.15) is 0 Å². The molecule has 0 radical (unpaired) electrons. The van der Waals surface area contributed by atoms with E-state index in [0.29, 0.717) is 30.3 Å². The van der Waals surface area contributed by atoms with Crippen LogP contribution in [0.1, 0.15) is 44.1 Å². The maximum Gasteiger partial charge on any atom is 0.414 e. The Labute approximate surface area is 192 Å². The molecule has 1 aliphatic heterocycles. The van der Waals surface area contributed by atoms with Crippen molar-refractivity contribution in [1.82, 2.24) is 4.90 Å². The molecule has 2 unspecified atom stereocenters. The molecule has 2 aromatic carbocycles. The molecule has 1 amide bonds. The molecule has 3 aliphatic rings. The lowest BCUT2D eigenvalue weighted by molar-refractivity contribution is 0.0505. The number of amides is 1. The van der Waals surface area contributed by atoms with Gasteiger partial charge in [-0.15, -0.1) is 0 Å². The summed E-state index contributed by atoms with van der Waals surface area (Å²) in [4.78, 5) is 17.7. The highest BCUT2D eigenvalue weighted by atomic mass is 16.6. The molecule has 2 saturated carbocycles. The van der Waals surface area contributed by atoms with Gasteiger partial charge in [-0.25, -0.2) is 4.79 Å². The Morgan fingerprint density at radius 2 is 1.50 bits per heavy atom. The normalized spacial score (nSPS) is 25.7. The minimum absolute atomic E-state index is 0.158. The largest absolute Gasteiger partial charge is 0.449 e. The van der Waals surface area contributed by atoms with Crippen LogP contribution in [0.4, 0.5) is 10.5 Å². The van der Waals surface area contributed by atoms with E-state index in [-0.39, 0.29) is 6.09 Å². The minimum Gasteiger partial charge on any atom is -0.449 e. The smallest absolute Gasteiger partial charge is 0.414 e. The van der Waals surface area contributed by atoms with E-state index < -0.39 is 0 Å². The summed E-state index contributed by atoms with van der Waals surface area (Å²) in [5.41, 5.74) is 2.35. The molecular weight excluding hydrogens is 396 g/mol. The number of fused-ring (bicyclic) bond motifs is 2. The summed E-state index contributed by atoms with van der Waals surface area (Å²) in [6, 6.07) is 20.9. The van der Waals surface area contributed by atoms with Crippen LogP contribution in [0.2, 0.25) is 0 Å². The number of anilines is 1. The molecule has 1 saturated heterocycles. The van der Waals surface area contributed by atoms with Crippen LogP contribution in [-0.2, 0) is 11.3 Å². The van der Waals surface area contributed by atoms with Crippen molar-refractivity contribution in [1.29, 1.82) is 0 Å². The van der Waals surface area contributed by atoms with Crippen molar-refractivity contribution in [3.05, 3.63) is 66.2 Å². The Morgan fingerprint density at radius 3 is 2.16 bits per heavy atom. The zero-order chi connectivity index (χ0) is 21.8. The van der Waals surface area contributed by atoms with Gasteiger partial charge in [0.05, 0.1) is 6.61 Å². The highest BCUT2D eigenvalue weighted by Gasteiger charge is 2.42. The second-order valence-corrected chi connectivity index (χ2v) is 10.1. The van der Waals surface area contributed by atoms with E-state index in [0.717, 1.165) is 31.9 Å². The molecule has 4 nitrogen and oxygen atoms in total. The summed E-state index contributed by atoms with van der Waals surface area (Å²) in [6.45, 7) is 4.63. The topological polar surface area (TPSA) is 32.8 Å². The average molecular weight is 433 g/mol. The summed E-state index contributed by atoms with van der Waals surface area (Å²) in [5, 5.41) is 0. The molecule has 170 valence electrons. The fourth-order valence-electron chi connectivity index (χ4n) is 6.27. The van der Waals surface area contributed by atoms with Gasteiger partial charge < -0.3 is 4.74 Å². The molecule has 4 heteroatoms. The first-order chi connectivity index (χ1) is 15.8. The monoisotopic (exact) mass is 432 g/mol. The van der Waals surface area contributed by atoms with Crippen LogP contribution < -0.4 is 4.90 Å². The number of hydrogen-bond donors (Lipinski definition) is 0. The highest BCUT2D eigenvalue weighted by molar-refractivity contribution is 5.87. The third-order valence-electron chi connectivity index (χ3n) is 7.96. The molecule has 2 atom stereocenters. The van der Waals surface area contributed by atoms with Crippen LogP contribution in [0.5, 0.6) is 0 Å². The van der Waals surface area contributed by atoms with Crippen LogP contribution in [0, 0.1) is 23.7 Å². The Bertz CT molecular complexity index is 852. The van der Waals surface area contributed by atoms with Gasteiger partial charge in [-0.1, -0.05) is 61.4 Å². The van der Waals surface area contributed by atoms with E-state index in [9.17, 15) is 4.79 Å². The Kier molecular flexibility index (Phi) is 6.77. The number of ether oxygens (including phenoxy) is 1. The lowest BCUT2D eigenvalue weighted by Gasteiger charge is -2.38. The summed E-state index contributed by atoms with van der Waals surface area (Å²) >= 11 is 0. The molecule has 2 aromatic rings. The van der Waals surface area contributed by atoms with Crippen LogP contribution in [0.25, 0.3) is 0 Å². The number of rotatable bonds is 7. The molecular formula is C28H36N2O2. The van der Waals surface area contributed by atoms with Crippen molar-refractivity contribution in [3.63, 3.8) is 0 Å². The van der Waals surface area contributed by atoms with E-state index in [2.05, 4.69) is 35.2 Å². The van der Waals surface area contributed by atoms with Crippen molar-refractivity contribution in [2.75, 3.05) is 31.1 Å². The zero-order valence-electron chi connectivity index (χ0n) is 19.1. The molecule has 0 spiro atoms.